The number of unbranched alkanes of at least 4 members (excludes halogenated alkanes) is 2. The van der Waals surface area contributed by atoms with Gasteiger partial charge in [0, 0.05) is 41.6 Å². The number of hydrogen-bond acceptors (Lipinski definition) is 6. The first-order valence-electron chi connectivity index (χ1n) is 12.4. The minimum atomic E-state index is -0.0789. The zero-order valence-electron chi connectivity index (χ0n) is 21.5. The quantitative estimate of drug-likeness (QED) is 0.360. The van der Waals surface area contributed by atoms with E-state index in [-0.39, 0.29) is 11.1 Å². The Balaban J connectivity index is 2.26. The van der Waals surface area contributed by atoms with Gasteiger partial charge in [0.05, 0.1) is 7.11 Å². The summed E-state index contributed by atoms with van der Waals surface area (Å²) in [5, 5.41) is 39.0. The number of ether oxygens (including phenoxy) is 1. The summed E-state index contributed by atoms with van der Waals surface area (Å²) in [6.45, 7) is 6.27. The largest absolute Gasteiger partial charge is 0.496 e. The van der Waals surface area contributed by atoms with Crippen LogP contribution < -0.4 is 9.64 Å². The highest BCUT2D eigenvalue weighted by atomic mass is 16.5. The maximum Gasteiger partial charge on any atom is 0.138 e. The van der Waals surface area contributed by atoms with E-state index in [0.29, 0.717) is 33.6 Å². The summed E-state index contributed by atoms with van der Waals surface area (Å²) >= 11 is 0. The second-order valence-corrected chi connectivity index (χ2v) is 8.67. The fourth-order valence-corrected chi connectivity index (χ4v) is 4.53. The number of fused-ring (bicyclic) bond motifs is 1. The van der Waals surface area contributed by atoms with Crippen LogP contribution in [0.15, 0.2) is 59.2 Å². The van der Waals surface area contributed by atoms with Crippen LogP contribution in [-0.4, -0.2) is 20.2 Å². The number of methoxy groups -OCH3 is 1. The molecule has 0 radical (unpaired) electrons. The van der Waals surface area contributed by atoms with Crippen molar-refractivity contribution in [2.75, 3.05) is 25.1 Å². The molecule has 1 aliphatic carbocycles. The van der Waals surface area contributed by atoms with E-state index in [2.05, 4.69) is 18.7 Å². The van der Waals surface area contributed by atoms with E-state index < -0.39 is 0 Å². The normalized spacial score (nSPS) is 11.5. The third-order valence-corrected chi connectivity index (χ3v) is 6.40. The SMILES string of the molecule is CCCCN(CCCC)c1ccc(C=C2C(=C(C#N)C#N)c3ccccc3C2=C(C#N)C#N)c(OC)c1. The molecule has 3 rings (SSSR count). The standard InChI is InChI=1S/C31H29N5O/c1-4-6-14-36(15-7-5-2)25-13-12-22(29(17-25)37-3)16-28-30(23(18-32)19-33)26-10-8-9-11-27(26)31(28)24(20-34)21-35/h8-13,16-17H,4-7,14-15H2,1-3H3. The molecule has 0 unspecified atom stereocenters. The molecule has 0 bridgehead atoms. The first kappa shape index (κ1) is 26.8. The highest BCUT2D eigenvalue weighted by Crippen LogP contribution is 2.49. The van der Waals surface area contributed by atoms with Gasteiger partial charge in [0.2, 0.25) is 0 Å². The average molecular weight is 488 g/mol. The van der Waals surface area contributed by atoms with Crippen molar-refractivity contribution in [2.24, 2.45) is 0 Å². The highest BCUT2D eigenvalue weighted by molar-refractivity contribution is 6.15. The first-order valence-corrected chi connectivity index (χ1v) is 12.4. The molecule has 0 amide bonds. The molecule has 37 heavy (non-hydrogen) atoms. The molecule has 2 aromatic carbocycles. The smallest absolute Gasteiger partial charge is 0.138 e. The number of allylic oxidation sites excluding steroid dienone is 5. The molecule has 0 atom stereocenters. The van der Waals surface area contributed by atoms with Crippen LogP contribution >= 0.6 is 0 Å². The summed E-state index contributed by atoms with van der Waals surface area (Å²) in [7, 11) is 1.60. The Morgan fingerprint density at radius 1 is 0.811 bits per heavy atom. The Morgan fingerprint density at radius 2 is 1.32 bits per heavy atom. The van der Waals surface area contributed by atoms with Crippen molar-refractivity contribution >= 4 is 22.9 Å². The van der Waals surface area contributed by atoms with Crippen molar-refractivity contribution in [3.63, 3.8) is 0 Å². The summed E-state index contributed by atoms with van der Waals surface area (Å²) in [4.78, 5) is 2.36. The van der Waals surface area contributed by atoms with Crippen molar-refractivity contribution in [1.82, 2.24) is 0 Å². The number of rotatable bonds is 9. The van der Waals surface area contributed by atoms with Crippen LogP contribution in [0.25, 0.3) is 17.2 Å². The molecule has 0 saturated heterocycles. The molecule has 0 heterocycles. The van der Waals surface area contributed by atoms with Crippen molar-refractivity contribution in [1.29, 1.82) is 21.0 Å². The van der Waals surface area contributed by atoms with E-state index in [0.717, 1.165) is 50.0 Å². The number of anilines is 1. The second-order valence-electron chi connectivity index (χ2n) is 8.67. The molecule has 6 heteroatoms. The molecule has 0 aliphatic heterocycles. The molecular formula is C31H29N5O. The molecule has 0 fully saturated rings. The lowest BCUT2D eigenvalue weighted by Gasteiger charge is -2.25. The first-order chi connectivity index (χ1) is 18.1. The van der Waals surface area contributed by atoms with E-state index in [4.69, 9.17) is 4.74 Å². The minimum absolute atomic E-state index is 0.0789. The molecule has 0 saturated carbocycles. The van der Waals surface area contributed by atoms with Crippen LogP contribution in [0.1, 0.15) is 56.2 Å². The van der Waals surface area contributed by atoms with E-state index in [1.54, 1.807) is 37.5 Å². The Labute approximate surface area is 219 Å². The van der Waals surface area contributed by atoms with Crippen LogP contribution in [0.3, 0.4) is 0 Å². The summed E-state index contributed by atoms with van der Waals surface area (Å²) in [5.41, 5.74) is 4.23. The van der Waals surface area contributed by atoms with Gasteiger partial charge in [-0.1, -0.05) is 51.0 Å². The molecular weight excluding hydrogens is 458 g/mol. The fraction of sp³-hybridized carbons (Fsp3) is 0.290. The van der Waals surface area contributed by atoms with E-state index in [9.17, 15) is 21.0 Å². The zero-order chi connectivity index (χ0) is 26.8. The van der Waals surface area contributed by atoms with E-state index in [1.807, 2.05) is 42.5 Å². The Morgan fingerprint density at radius 3 is 1.76 bits per heavy atom. The van der Waals surface area contributed by atoms with Gasteiger partial charge in [0.25, 0.3) is 0 Å². The van der Waals surface area contributed by atoms with Gasteiger partial charge in [-0.05, 0) is 47.8 Å². The lowest BCUT2D eigenvalue weighted by molar-refractivity contribution is 0.414. The van der Waals surface area contributed by atoms with E-state index >= 15 is 0 Å². The van der Waals surface area contributed by atoms with Crippen LogP contribution in [0.2, 0.25) is 0 Å². The number of hydrogen-bond donors (Lipinski definition) is 0. The van der Waals surface area contributed by atoms with Gasteiger partial charge in [-0.2, -0.15) is 21.0 Å². The third-order valence-electron chi connectivity index (χ3n) is 6.40. The highest BCUT2D eigenvalue weighted by Gasteiger charge is 2.32. The average Bonchev–Trinajstić information content (AvgIpc) is 3.24. The third kappa shape index (κ3) is 5.56. The summed E-state index contributed by atoms with van der Waals surface area (Å²) in [5.74, 6) is 0.628. The number of nitrogens with zero attached hydrogens (tertiary/aromatic N) is 5. The van der Waals surface area contributed by atoms with Gasteiger partial charge in [-0.3, -0.25) is 0 Å². The van der Waals surface area contributed by atoms with E-state index in [1.165, 1.54) is 0 Å². The van der Waals surface area contributed by atoms with Gasteiger partial charge in [-0.25, -0.2) is 0 Å². The van der Waals surface area contributed by atoms with Crippen molar-refractivity contribution < 1.29 is 4.74 Å². The Bertz CT molecular complexity index is 1320. The maximum atomic E-state index is 9.74. The van der Waals surface area contributed by atoms with Gasteiger partial charge in [0.1, 0.15) is 41.2 Å². The lowest BCUT2D eigenvalue weighted by Crippen LogP contribution is -2.25. The molecule has 6 nitrogen and oxygen atoms in total. The Kier molecular flexibility index (Phi) is 9.27. The van der Waals surface area contributed by atoms with Gasteiger partial charge < -0.3 is 9.64 Å². The minimum Gasteiger partial charge on any atom is -0.496 e. The molecule has 0 spiro atoms. The van der Waals surface area contributed by atoms with Gasteiger partial charge >= 0.3 is 0 Å². The predicted octanol–water partition coefficient (Wildman–Crippen LogP) is 6.80. The molecule has 184 valence electrons. The van der Waals surface area contributed by atoms with Crippen LogP contribution in [0.5, 0.6) is 5.75 Å². The summed E-state index contributed by atoms with van der Waals surface area (Å²) in [6, 6.07) is 21.1. The maximum absolute atomic E-state index is 9.74. The number of benzene rings is 2. The fourth-order valence-electron chi connectivity index (χ4n) is 4.53. The van der Waals surface area contributed by atoms with Crippen LogP contribution in [-0.2, 0) is 0 Å². The van der Waals surface area contributed by atoms with Crippen molar-refractivity contribution in [3.05, 3.63) is 75.9 Å². The molecule has 0 N–H and O–H groups in total. The molecule has 2 aromatic rings. The number of nitriles is 4. The van der Waals surface area contributed by atoms with Crippen molar-refractivity contribution in [2.45, 2.75) is 39.5 Å². The van der Waals surface area contributed by atoms with Gasteiger partial charge in [-0.15, -0.1) is 0 Å². The summed E-state index contributed by atoms with van der Waals surface area (Å²) in [6.07, 6.45) is 6.20. The lowest BCUT2D eigenvalue weighted by atomic mass is 9.94. The van der Waals surface area contributed by atoms with Crippen LogP contribution in [0.4, 0.5) is 5.69 Å². The summed E-state index contributed by atoms with van der Waals surface area (Å²) < 4.78 is 5.77. The van der Waals surface area contributed by atoms with Crippen LogP contribution in [0, 0.1) is 45.3 Å². The Hall–Kier alpha value is -4.78. The zero-order valence-corrected chi connectivity index (χ0v) is 21.5. The monoisotopic (exact) mass is 487 g/mol. The second kappa shape index (κ2) is 12.8. The predicted molar refractivity (Wildman–Crippen MR) is 146 cm³/mol. The molecule has 1 aliphatic rings. The van der Waals surface area contributed by atoms with Gasteiger partial charge in [0.15, 0.2) is 0 Å². The topological polar surface area (TPSA) is 108 Å². The molecule has 0 aromatic heterocycles. The van der Waals surface area contributed by atoms with Crippen molar-refractivity contribution in [3.8, 4) is 30.0 Å².